The summed E-state index contributed by atoms with van der Waals surface area (Å²) in [7, 11) is 0. The van der Waals surface area contributed by atoms with Gasteiger partial charge in [0.15, 0.2) is 0 Å². The summed E-state index contributed by atoms with van der Waals surface area (Å²) in [5.74, 6) is 0.911. The van der Waals surface area contributed by atoms with Crippen LogP contribution in [0.2, 0.25) is 0 Å². The quantitative estimate of drug-likeness (QED) is 0.830. The molecule has 1 amide bonds. The van der Waals surface area contributed by atoms with Gasteiger partial charge in [0.25, 0.3) is 0 Å². The number of aromatic nitrogens is 2. The van der Waals surface area contributed by atoms with Crippen LogP contribution in [0.1, 0.15) is 54.5 Å². The number of nitrogens with zero attached hydrogens (tertiary/aromatic N) is 3. The Bertz CT molecular complexity index is 829. The number of hydrogen-bond donors (Lipinski definition) is 1. The highest BCUT2D eigenvalue weighted by Gasteiger charge is 2.27. The van der Waals surface area contributed by atoms with Crippen molar-refractivity contribution >= 4 is 5.91 Å². The predicted molar refractivity (Wildman–Crippen MR) is 108 cm³/mol. The fraction of sp³-hybridized carbons (Fsp3) is 0.500. The van der Waals surface area contributed by atoms with Crippen LogP contribution in [0.5, 0.6) is 0 Å². The monoisotopic (exact) mass is 384 g/mol. The molecule has 0 unspecified atom stereocenters. The molecule has 1 fully saturated rings. The molecule has 0 bridgehead atoms. The van der Waals surface area contributed by atoms with Crippen molar-refractivity contribution < 1.29 is 9.18 Å². The van der Waals surface area contributed by atoms with E-state index in [0.29, 0.717) is 13.0 Å². The summed E-state index contributed by atoms with van der Waals surface area (Å²) in [5.41, 5.74) is 3.37. The Kier molecular flexibility index (Phi) is 6.39. The number of halogens is 1. The van der Waals surface area contributed by atoms with E-state index in [9.17, 15) is 9.18 Å². The highest BCUT2D eigenvalue weighted by molar-refractivity contribution is 5.79. The average molecular weight is 384 g/mol. The van der Waals surface area contributed by atoms with Gasteiger partial charge in [0.1, 0.15) is 11.6 Å². The first kappa shape index (κ1) is 20.4. The van der Waals surface area contributed by atoms with Gasteiger partial charge < -0.3 is 5.32 Å². The number of hydrogen-bond acceptors (Lipinski definition) is 4. The lowest BCUT2D eigenvalue weighted by Crippen LogP contribution is -2.32. The van der Waals surface area contributed by atoms with E-state index in [4.69, 9.17) is 9.97 Å². The number of nitrogens with one attached hydrogen (secondary N) is 1. The van der Waals surface area contributed by atoms with Gasteiger partial charge in [-0.25, -0.2) is 14.4 Å². The first-order chi connectivity index (χ1) is 13.3. The molecule has 3 rings (SSSR count). The molecule has 6 heteroatoms. The minimum Gasteiger partial charge on any atom is -0.354 e. The standard InChI is InChI=1S/C22H29FN4O/c1-14(2)24-21(28)11-19-15(3)25-22(26-16(19)4)18-9-10-27(13-18)12-17-7-5-6-8-20(17)23/h5-8,14,18H,9-13H2,1-4H3,(H,24,28)/t18-/m0/s1. The van der Waals surface area contributed by atoms with Crippen LogP contribution in [0.15, 0.2) is 24.3 Å². The predicted octanol–water partition coefficient (Wildman–Crippen LogP) is 3.29. The molecule has 0 radical (unpaired) electrons. The molecule has 1 aliphatic rings. The third-order valence-electron chi connectivity index (χ3n) is 5.21. The Hall–Kier alpha value is -2.34. The zero-order valence-electron chi connectivity index (χ0n) is 17.1. The molecular formula is C22H29FN4O. The maximum absolute atomic E-state index is 13.9. The van der Waals surface area contributed by atoms with Crippen molar-refractivity contribution in [1.82, 2.24) is 20.2 Å². The van der Waals surface area contributed by atoms with Crippen molar-refractivity contribution in [2.24, 2.45) is 0 Å². The van der Waals surface area contributed by atoms with Gasteiger partial charge in [0.2, 0.25) is 5.91 Å². The number of benzene rings is 1. The van der Waals surface area contributed by atoms with Crippen LogP contribution in [0, 0.1) is 19.7 Å². The van der Waals surface area contributed by atoms with Crippen LogP contribution < -0.4 is 5.32 Å². The third kappa shape index (κ3) is 4.93. The van der Waals surface area contributed by atoms with E-state index >= 15 is 0 Å². The molecule has 1 aromatic carbocycles. The Morgan fingerprint density at radius 1 is 1.25 bits per heavy atom. The van der Waals surface area contributed by atoms with Crippen LogP contribution in [-0.2, 0) is 17.8 Å². The molecule has 28 heavy (non-hydrogen) atoms. The number of amides is 1. The molecule has 0 aliphatic carbocycles. The lowest BCUT2D eigenvalue weighted by Gasteiger charge is -2.17. The molecule has 5 nitrogen and oxygen atoms in total. The SMILES string of the molecule is Cc1nc([C@H]2CCN(Cc3ccccc3F)C2)nc(C)c1CC(=O)NC(C)C. The maximum atomic E-state index is 13.9. The zero-order valence-corrected chi connectivity index (χ0v) is 17.1. The van der Waals surface area contributed by atoms with E-state index in [1.54, 1.807) is 6.07 Å². The fourth-order valence-corrected chi connectivity index (χ4v) is 3.79. The molecule has 150 valence electrons. The van der Waals surface area contributed by atoms with Gasteiger partial charge in [-0.1, -0.05) is 18.2 Å². The molecule has 1 aliphatic heterocycles. The van der Waals surface area contributed by atoms with Gasteiger partial charge in [-0.15, -0.1) is 0 Å². The minimum atomic E-state index is -0.155. The number of rotatable bonds is 6. The summed E-state index contributed by atoms with van der Waals surface area (Å²) >= 11 is 0. The third-order valence-corrected chi connectivity index (χ3v) is 5.21. The molecule has 2 heterocycles. The summed E-state index contributed by atoms with van der Waals surface area (Å²) in [4.78, 5) is 23.8. The van der Waals surface area contributed by atoms with E-state index in [2.05, 4.69) is 10.2 Å². The Labute approximate surface area is 166 Å². The van der Waals surface area contributed by atoms with Gasteiger partial charge in [-0.05, 0) is 46.7 Å². The zero-order chi connectivity index (χ0) is 20.3. The van der Waals surface area contributed by atoms with Crippen molar-refractivity contribution in [2.45, 2.75) is 59.0 Å². The summed E-state index contributed by atoms with van der Waals surface area (Å²) in [6.45, 7) is 10.1. The maximum Gasteiger partial charge on any atom is 0.224 e. The number of likely N-dealkylation sites (tertiary alicyclic amines) is 1. The molecule has 1 atom stereocenters. The molecule has 0 spiro atoms. The second-order valence-corrected chi connectivity index (χ2v) is 7.94. The average Bonchev–Trinajstić information content (AvgIpc) is 3.08. The molecule has 0 saturated carbocycles. The fourth-order valence-electron chi connectivity index (χ4n) is 3.79. The Morgan fingerprint density at radius 3 is 2.57 bits per heavy atom. The van der Waals surface area contributed by atoms with Crippen molar-refractivity contribution in [3.05, 3.63) is 58.4 Å². The van der Waals surface area contributed by atoms with Crippen LogP contribution in [-0.4, -0.2) is 39.9 Å². The topological polar surface area (TPSA) is 58.1 Å². The first-order valence-electron chi connectivity index (χ1n) is 9.92. The summed E-state index contributed by atoms with van der Waals surface area (Å²) in [5, 5.41) is 2.92. The van der Waals surface area contributed by atoms with Crippen molar-refractivity contribution in [2.75, 3.05) is 13.1 Å². The van der Waals surface area contributed by atoms with E-state index < -0.39 is 0 Å². The second kappa shape index (κ2) is 8.78. The molecule has 1 aromatic heterocycles. The highest BCUT2D eigenvalue weighted by Crippen LogP contribution is 2.27. The smallest absolute Gasteiger partial charge is 0.224 e. The summed E-state index contributed by atoms with van der Waals surface area (Å²) in [6, 6.07) is 7.05. The van der Waals surface area contributed by atoms with Crippen LogP contribution in [0.4, 0.5) is 4.39 Å². The van der Waals surface area contributed by atoms with E-state index in [0.717, 1.165) is 47.8 Å². The van der Waals surface area contributed by atoms with E-state index in [-0.39, 0.29) is 23.7 Å². The first-order valence-corrected chi connectivity index (χ1v) is 9.92. The van der Waals surface area contributed by atoms with E-state index in [1.807, 2.05) is 39.8 Å². The second-order valence-electron chi connectivity index (χ2n) is 7.94. The van der Waals surface area contributed by atoms with Gasteiger partial charge in [-0.2, -0.15) is 0 Å². The normalized spacial score (nSPS) is 17.3. The van der Waals surface area contributed by atoms with Crippen molar-refractivity contribution in [3.8, 4) is 0 Å². The van der Waals surface area contributed by atoms with Gasteiger partial charge in [-0.3, -0.25) is 9.69 Å². The number of carbonyl (C=O) groups excluding carboxylic acids is 1. The molecule has 2 aromatic rings. The van der Waals surface area contributed by atoms with Crippen LogP contribution in [0.3, 0.4) is 0 Å². The van der Waals surface area contributed by atoms with Crippen LogP contribution >= 0.6 is 0 Å². The lowest BCUT2D eigenvalue weighted by atomic mass is 10.0. The van der Waals surface area contributed by atoms with Crippen molar-refractivity contribution in [3.63, 3.8) is 0 Å². The summed E-state index contributed by atoms with van der Waals surface area (Å²) in [6.07, 6.45) is 1.26. The Balaban J connectivity index is 1.68. The molecular weight excluding hydrogens is 355 g/mol. The largest absolute Gasteiger partial charge is 0.354 e. The van der Waals surface area contributed by atoms with E-state index in [1.165, 1.54) is 6.07 Å². The lowest BCUT2D eigenvalue weighted by molar-refractivity contribution is -0.120. The van der Waals surface area contributed by atoms with Crippen molar-refractivity contribution in [1.29, 1.82) is 0 Å². The number of aryl methyl sites for hydroxylation is 2. The molecule has 1 saturated heterocycles. The molecule has 1 N–H and O–H groups in total. The highest BCUT2D eigenvalue weighted by atomic mass is 19.1. The minimum absolute atomic E-state index is 0.00511. The van der Waals surface area contributed by atoms with Crippen LogP contribution in [0.25, 0.3) is 0 Å². The summed E-state index contributed by atoms with van der Waals surface area (Å²) < 4.78 is 13.9. The van der Waals surface area contributed by atoms with Gasteiger partial charge in [0.05, 0.1) is 6.42 Å². The van der Waals surface area contributed by atoms with Gasteiger partial charge in [0, 0.05) is 47.6 Å². The number of carbonyl (C=O) groups is 1. The Morgan fingerprint density at radius 2 is 1.93 bits per heavy atom. The van der Waals surface area contributed by atoms with Gasteiger partial charge >= 0.3 is 0 Å².